The van der Waals surface area contributed by atoms with Crippen molar-refractivity contribution in [1.82, 2.24) is 15.0 Å². The largest absolute Gasteiger partial charge is 0.507 e. The highest BCUT2D eigenvalue weighted by Gasteiger charge is 2.29. The van der Waals surface area contributed by atoms with Crippen LogP contribution in [0.15, 0.2) is 40.9 Å². The van der Waals surface area contributed by atoms with Crippen LogP contribution in [0.5, 0.6) is 11.5 Å². The number of amides is 1. The molecule has 1 aromatic heterocycles. The molecular weight excluding hydrogens is 458 g/mol. The highest BCUT2D eigenvalue weighted by molar-refractivity contribution is 6.32. The molecule has 9 heteroatoms. The number of hydrogen-bond acceptors (Lipinski definition) is 7. The third-order valence-electron chi connectivity index (χ3n) is 6.39. The molecule has 0 atom stereocenters. The van der Waals surface area contributed by atoms with Gasteiger partial charge in [-0.2, -0.15) is 0 Å². The third kappa shape index (κ3) is 4.75. The molecule has 0 aliphatic carbocycles. The van der Waals surface area contributed by atoms with Gasteiger partial charge >= 0.3 is 0 Å². The molecule has 1 saturated heterocycles. The highest BCUT2D eigenvalue weighted by atomic mass is 35.5. The molecule has 0 spiro atoms. The second kappa shape index (κ2) is 9.66. The van der Waals surface area contributed by atoms with E-state index in [1.807, 2.05) is 12.1 Å². The number of phenols is 2. The summed E-state index contributed by atoms with van der Waals surface area (Å²) < 4.78 is 10.9. The Bertz CT molecular complexity index is 1190. The summed E-state index contributed by atoms with van der Waals surface area (Å²) in [5.74, 6) is -0.00316. The minimum Gasteiger partial charge on any atom is -0.507 e. The van der Waals surface area contributed by atoms with E-state index >= 15 is 0 Å². The lowest BCUT2D eigenvalue weighted by Gasteiger charge is -2.27. The van der Waals surface area contributed by atoms with Crippen molar-refractivity contribution in [3.05, 3.63) is 63.8 Å². The normalized spacial score (nSPS) is 16.4. The van der Waals surface area contributed by atoms with Crippen LogP contribution in [0.25, 0.3) is 11.3 Å². The molecule has 1 amide bonds. The lowest BCUT2D eigenvalue weighted by atomic mass is 10.00. The van der Waals surface area contributed by atoms with Crippen molar-refractivity contribution in [2.45, 2.75) is 25.9 Å². The van der Waals surface area contributed by atoms with Crippen molar-refractivity contribution in [3.63, 3.8) is 0 Å². The van der Waals surface area contributed by atoms with Crippen LogP contribution in [0.2, 0.25) is 5.02 Å². The van der Waals surface area contributed by atoms with Gasteiger partial charge in [0.1, 0.15) is 11.5 Å². The summed E-state index contributed by atoms with van der Waals surface area (Å²) in [5, 5.41) is 24.2. The second-order valence-electron chi connectivity index (χ2n) is 8.70. The van der Waals surface area contributed by atoms with Crippen molar-refractivity contribution < 1.29 is 24.3 Å². The number of carbonyl (C=O) groups excluding carboxylic acids is 1. The fourth-order valence-corrected chi connectivity index (χ4v) is 4.60. The maximum Gasteiger partial charge on any atom is 0.227 e. The Kier molecular flexibility index (Phi) is 6.45. The zero-order chi connectivity index (χ0) is 23.7. The Morgan fingerprint density at radius 1 is 1.03 bits per heavy atom. The summed E-state index contributed by atoms with van der Waals surface area (Å²) in [6.45, 7) is 5.20. The molecule has 5 rings (SSSR count). The first-order chi connectivity index (χ1) is 16.5. The molecule has 2 aliphatic heterocycles. The molecule has 2 N–H and O–H groups in total. The van der Waals surface area contributed by atoms with Gasteiger partial charge in [-0.25, -0.2) is 0 Å². The number of fused-ring (bicyclic) bond motifs is 1. The number of nitrogens with zero attached hydrogens (tertiary/aromatic N) is 3. The average Bonchev–Trinajstić information content (AvgIpc) is 3.26. The number of aromatic hydroxyl groups is 2. The molecule has 0 radical (unpaired) electrons. The van der Waals surface area contributed by atoms with Crippen LogP contribution in [0.4, 0.5) is 0 Å². The van der Waals surface area contributed by atoms with Gasteiger partial charge in [-0.05, 0) is 17.2 Å². The zero-order valence-corrected chi connectivity index (χ0v) is 19.4. The van der Waals surface area contributed by atoms with Gasteiger partial charge in [0.05, 0.1) is 42.5 Å². The van der Waals surface area contributed by atoms with Gasteiger partial charge in [-0.1, -0.05) is 41.0 Å². The summed E-state index contributed by atoms with van der Waals surface area (Å²) in [5.41, 5.74) is 4.03. The smallest absolute Gasteiger partial charge is 0.227 e. The number of aromatic nitrogens is 1. The highest BCUT2D eigenvalue weighted by Crippen LogP contribution is 2.40. The minimum atomic E-state index is -0.218. The van der Waals surface area contributed by atoms with E-state index in [1.54, 1.807) is 4.90 Å². The molecule has 2 aromatic carbocycles. The number of benzene rings is 2. The van der Waals surface area contributed by atoms with Gasteiger partial charge in [0.15, 0.2) is 5.76 Å². The monoisotopic (exact) mass is 483 g/mol. The molecule has 0 unspecified atom stereocenters. The van der Waals surface area contributed by atoms with Crippen molar-refractivity contribution in [3.8, 4) is 22.8 Å². The van der Waals surface area contributed by atoms with E-state index in [9.17, 15) is 15.0 Å². The minimum absolute atomic E-state index is 0.0201. The average molecular weight is 484 g/mol. The molecule has 1 fully saturated rings. The van der Waals surface area contributed by atoms with E-state index in [0.29, 0.717) is 37.3 Å². The van der Waals surface area contributed by atoms with Gasteiger partial charge in [-0.3, -0.25) is 9.69 Å². The van der Waals surface area contributed by atoms with Crippen LogP contribution in [-0.4, -0.2) is 63.9 Å². The molecule has 8 nitrogen and oxygen atoms in total. The van der Waals surface area contributed by atoms with E-state index < -0.39 is 0 Å². The van der Waals surface area contributed by atoms with E-state index in [1.165, 1.54) is 17.7 Å². The topological polar surface area (TPSA) is 99.3 Å². The molecule has 2 aliphatic rings. The van der Waals surface area contributed by atoms with Crippen molar-refractivity contribution in [2.75, 3.05) is 32.8 Å². The van der Waals surface area contributed by atoms with Crippen LogP contribution < -0.4 is 0 Å². The maximum atomic E-state index is 13.1. The van der Waals surface area contributed by atoms with Crippen molar-refractivity contribution in [1.29, 1.82) is 0 Å². The fourth-order valence-electron chi connectivity index (χ4n) is 4.44. The Morgan fingerprint density at radius 2 is 1.76 bits per heavy atom. The molecule has 0 saturated carbocycles. The Labute approximate surface area is 202 Å². The van der Waals surface area contributed by atoms with E-state index in [4.69, 9.17) is 20.9 Å². The third-order valence-corrected chi connectivity index (χ3v) is 6.69. The number of halogens is 1. The van der Waals surface area contributed by atoms with Crippen molar-refractivity contribution >= 4 is 17.5 Å². The van der Waals surface area contributed by atoms with E-state index in [-0.39, 0.29) is 22.4 Å². The van der Waals surface area contributed by atoms with Gasteiger partial charge < -0.3 is 24.4 Å². The predicted molar refractivity (Wildman–Crippen MR) is 126 cm³/mol. The van der Waals surface area contributed by atoms with Gasteiger partial charge in [0, 0.05) is 44.2 Å². The lowest BCUT2D eigenvalue weighted by molar-refractivity contribution is -0.131. The summed E-state index contributed by atoms with van der Waals surface area (Å²) >= 11 is 6.03. The molecule has 34 heavy (non-hydrogen) atoms. The van der Waals surface area contributed by atoms with Gasteiger partial charge in [0.25, 0.3) is 0 Å². The fraction of sp³-hybridized carbons (Fsp3) is 0.360. The summed E-state index contributed by atoms with van der Waals surface area (Å²) in [6.07, 6.45) is 0.875. The van der Waals surface area contributed by atoms with Crippen molar-refractivity contribution in [2.24, 2.45) is 0 Å². The first-order valence-corrected chi connectivity index (χ1v) is 11.7. The van der Waals surface area contributed by atoms with E-state index in [2.05, 4.69) is 22.2 Å². The number of ether oxygens (including phenoxy) is 1. The SMILES string of the molecule is O=C(Cc1ccc(CN2CCOCC2)cc1)N1CCc2noc(-c3cc(Cl)c(O)cc3O)c2C1. The van der Waals surface area contributed by atoms with Gasteiger partial charge in [-0.15, -0.1) is 0 Å². The van der Waals surface area contributed by atoms with Crippen LogP contribution in [0.3, 0.4) is 0 Å². The van der Waals surface area contributed by atoms with Crippen LogP contribution in [-0.2, 0) is 35.5 Å². The molecular formula is C25H26ClN3O5. The number of phenolic OH excluding ortho intramolecular Hbond substituents is 2. The number of hydrogen-bond donors (Lipinski definition) is 2. The lowest BCUT2D eigenvalue weighted by Crippen LogP contribution is -2.37. The Hall–Kier alpha value is -3.07. The van der Waals surface area contributed by atoms with Gasteiger partial charge in [0.2, 0.25) is 5.91 Å². The summed E-state index contributed by atoms with van der Waals surface area (Å²) in [4.78, 5) is 17.2. The summed E-state index contributed by atoms with van der Waals surface area (Å²) in [6, 6.07) is 10.8. The maximum absolute atomic E-state index is 13.1. The molecule has 3 aromatic rings. The summed E-state index contributed by atoms with van der Waals surface area (Å²) in [7, 11) is 0. The Balaban J connectivity index is 1.26. The standard InChI is InChI=1S/C25H26ClN3O5/c26-20-12-18(22(30)13-23(20)31)25-19-15-29(6-5-21(19)27-34-25)24(32)11-16-1-3-17(4-2-16)14-28-7-9-33-10-8-28/h1-4,12-13,30-31H,5-11,14-15H2. The molecule has 178 valence electrons. The first-order valence-electron chi connectivity index (χ1n) is 11.3. The predicted octanol–water partition coefficient (Wildman–Crippen LogP) is 3.37. The zero-order valence-electron chi connectivity index (χ0n) is 18.7. The number of rotatable bonds is 5. The second-order valence-corrected chi connectivity index (χ2v) is 9.11. The van der Waals surface area contributed by atoms with Crippen LogP contribution >= 0.6 is 11.6 Å². The molecule has 3 heterocycles. The van der Waals surface area contributed by atoms with Crippen LogP contribution in [0.1, 0.15) is 22.4 Å². The quantitative estimate of drug-likeness (QED) is 0.574. The number of carbonyl (C=O) groups is 1. The number of morpholine rings is 1. The Morgan fingerprint density at radius 3 is 2.53 bits per heavy atom. The first kappa shape index (κ1) is 22.7. The molecule has 0 bridgehead atoms. The van der Waals surface area contributed by atoms with E-state index in [0.717, 1.165) is 49.7 Å². The van der Waals surface area contributed by atoms with Crippen LogP contribution in [0, 0.1) is 0 Å².